The van der Waals surface area contributed by atoms with Gasteiger partial charge in [-0.2, -0.15) is 0 Å². The van der Waals surface area contributed by atoms with E-state index >= 15 is 0 Å². The first-order valence-electron chi connectivity index (χ1n) is 21.7. The molecule has 0 aliphatic heterocycles. The lowest BCUT2D eigenvalue weighted by Crippen LogP contribution is -2.04. The summed E-state index contributed by atoms with van der Waals surface area (Å²) in [6, 6.07) is 47.4. The highest BCUT2D eigenvalue weighted by Gasteiger charge is 2.21. The number of aromatic nitrogens is 4. The number of rotatable bonds is 6. The lowest BCUT2D eigenvalue weighted by atomic mass is 9.96. The Morgan fingerprint density at radius 3 is 1.68 bits per heavy atom. The maximum Gasteiger partial charge on any atom is 0.166 e. The van der Waals surface area contributed by atoms with Gasteiger partial charge in [0, 0.05) is 53.2 Å². The minimum absolute atomic E-state index is 0.0694. The van der Waals surface area contributed by atoms with E-state index in [1.54, 1.807) is 28.0 Å². The molecule has 0 amide bonds. The first-order valence-corrected chi connectivity index (χ1v) is 19.0. The third kappa shape index (κ3) is 5.24. The number of nitrogens with zero attached hydrogens (tertiary/aromatic N) is 4. The van der Waals surface area contributed by atoms with E-state index in [0.717, 1.165) is 37.9 Å². The summed E-state index contributed by atoms with van der Waals surface area (Å²) < 4.78 is 65.8. The molecule has 0 saturated carbocycles. The quantitative estimate of drug-likeness (QED) is 0.171. The Hall–Kier alpha value is -7.21. The molecule has 3 heterocycles. The zero-order valence-corrected chi connectivity index (χ0v) is 30.4. The molecule has 4 nitrogen and oxygen atoms in total. The maximum atomic E-state index is 9.14. The SMILES string of the molecule is [2H]c1cc([2H])c2c(c1[2H])c1c([2H])c([2H])c([2H])c([2H])c1n2-c1ccccc1-c1nc(-c2ccccc2)nc(-c2ccccc2-c2cccc3c2sc2c(-c4ccccc4)cccc23)n1. The molecule has 0 radical (unpaired) electrons. The van der Waals surface area contributed by atoms with E-state index in [4.69, 9.17) is 24.5 Å². The van der Waals surface area contributed by atoms with Crippen LogP contribution in [0.3, 0.4) is 0 Å². The summed E-state index contributed by atoms with van der Waals surface area (Å²) in [5.41, 5.74) is 7.06. The van der Waals surface area contributed by atoms with Crippen LogP contribution in [0.1, 0.15) is 9.60 Å². The molecule has 11 aromatic rings. The highest BCUT2D eigenvalue weighted by molar-refractivity contribution is 7.26. The Labute approximate surface area is 337 Å². The molecule has 0 saturated heterocycles. The van der Waals surface area contributed by atoms with Gasteiger partial charge in [-0.05, 0) is 40.9 Å². The zero-order chi connectivity index (χ0) is 43.1. The number of benzene rings is 8. The third-order valence-electron chi connectivity index (χ3n) is 10.2. The summed E-state index contributed by atoms with van der Waals surface area (Å²) >= 11 is 1.77. The van der Waals surface area contributed by atoms with Crippen LogP contribution < -0.4 is 0 Å². The van der Waals surface area contributed by atoms with E-state index in [1.165, 1.54) is 21.7 Å². The van der Waals surface area contributed by atoms with Gasteiger partial charge in [0.05, 0.1) is 26.3 Å². The van der Waals surface area contributed by atoms with Crippen LogP contribution in [0, 0.1) is 0 Å². The van der Waals surface area contributed by atoms with Crippen LogP contribution in [-0.4, -0.2) is 19.5 Å². The van der Waals surface area contributed by atoms with Crippen molar-refractivity contribution in [3.63, 3.8) is 0 Å². The molecular formula is C51H32N4S. The molecule has 0 bridgehead atoms. The van der Waals surface area contributed by atoms with Gasteiger partial charge in [0.15, 0.2) is 17.5 Å². The first-order chi connectivity index (χ1) is 30.7. The van der Waals surface area contributed by atoms with Crippen LogP contribution in [0.2, 0.25) is 0 Å². The van der Waals surface area contributed by atoms with Crippen molar-refractivity contribution < 1.29 is 9.60 Å². The highest BCUT2D eigenvalue weighted by atomic mass is 32.1. The predicted octanol–water partition coefficient (Wildman–Crippen LogP) is 13.7. The van der Waals surface area contributed by atoms with Gasteiger partial charge in [-0.15, -0.1) is 11.3 Å². The number of hydrogen-bond acceptors (Lipinski definition) is 4. The van der Waals surface area contributed by atoms with E-state index in [1.807, 2.05) is 66.7 Å². The molecule has 56 heavy (non-hydrogen) atoms. The van der Waals surface area contributed by atoms with Gasteiger partial charge in [0.25, 0.3) is 0 Å². The van der Waals surface area contributed by atoms with Crippen molar-refractivity contribution in [2.75, 3.05) is 0 Å². The van der Waals surface area contributed by atoms with E-state index < -0.39 is 12.1 Å². The van der Waals surface area contributed by atoms with Gasteiger partial charge in [0.1, 0.15) is 0 Å². The molecule has 8 aromatic carbocycles. The van der Waals surface area contributed by atoms with Gasteiger partial charge in [0.2, 0.25) is 0 Å². The van der Waals surface area contributed by atoms with Gasteiger partial charge in [-0.25, -0.2) is 15.0 Å². The molecule has 11 rings (SSSR count). The first kappa shape index (κ1) is 25.7. The number of thiophene rings is 1. The molecular weight excluding hydrogens is 701 g/mol. The van der Waals surface area contributed by atoms with Gasteiger partial charge < -0.3 is 4.57 Å². The minimum Gasteiger partial charge on any atom is -0.309 e. The van der Waals surface area contributed by atoms with Crippen LogP contribution >= 0.6 is 11.3 Å². The summed E-state index contributed by atoms with van der Waals surface area (Å²) in [7, 11) is 0. The lowest BCUT2D eigenvalue weighted by molar-refractivity contribution is 1.06. The molecule has 0 aliphatic rings. The van der Waals surface area contributed by atoms with E-state index in [-0.39, 0.29) is 52.0 Å². The fourth-order valence-electron chi connectivity index (χ4n) is 7.69. The number of fused-ring (bicyclic) bond motifs is 6. The van der Waals surface area contributed by atoms with Gasteiger partial charge >= 0.3 is 0 Å². The van der Waals surface area contributed by atoms with E-state index in [2.05, 4.69) is 66.7 Å². The van der Waals surface area contributed by atoms with Crippen molar-refractivity contribution in [3.8, 4) is 62.1 Å². The van der Waals surface area contributed by atoms with Gasteiger partial charge in [-0.1, -0.05) is 170 Å². The van der Waals surface area contributed by atoms with Crippen LogP contribution in [0.4, 0.5) is 0 Å². The zero-order valence-electron chi connectivity index (χ0n) is 36.6. The summed E-state index contributed by atoms with van der Waals surface area (Å²) in [6.07, 6.45) is 0. The molecule has 0 atom stereocenters. The lowest BCUT2D eigenvalue weighted by Gasteiger charge is -2.15. The summed E-state index contributed by atoms with van der Waals surface area (Å²) in [4.78, 5) is 15.4. The number of para-hydroxylation sites is 3. The van der Waals surface area contributed by atoms with Crippen LogP contribution in [0.5, 0.6) is 0 Å². The molecule has 0 unspecified atom stereocenters. The number of hydrogen-bond donors (Lipinski definition) is 0. The second-order valence-electron chi connectivity index (χ2n) is 13.4. The summed E-state index contributed by atoms with van der Waals surface area (Å²) in [6.45, 7) is 0. The topological polar surface area (TPSA) is 43.6 Å². The van der Waals surface area contributed by atoms with Crippen molar-refractivity contribution >= 4 is 53.3 Å². The monoisotopic (exact) mass is 739 g/mol. The molecule has 0 aliphatic carbocycles. The Bertz CT molecular complexity index is 3660. The van der Waals surface area contributed by atoms with Crippen LogP contribution in [-0.2, 0) is 0 Å². The minimum atomic E-state index is -0.461. The van der Waals surface area contributed by atoms with Crippen LogP contribution in [0.15, 0.2) is 194 Å². The fourth-order valence-corrected chi connectivity index (χ4v) is 9.05. The molecule has 0 N–H and O–H groups in total. The van der Waals surface area contributed by atoms with Crippen molar-refractivity contribution in [2.24, 2.45) is 0 Å². The second-order valence-corrected chi connectivity index (χ2v) is 14.4. The van der Waals surface area contributed by atoms with Crippen LogP contribution in [0.25, 0.3) is 104 Å². The molecule has 3 aromatic heterocycles. The smallest absolute Gasteiger partial charge is 0.166 e. The maximum absolute atomic E-state index is 9.14. The van der Waals surface area contributed by atoms with Crippen molar-refractivity contribution in [2.45, 2.75) is 0 Å². The Morgan fingerprint density at radius 1 is 0.375 bits per heavy atom. The van der Waals surface area contributed by atoms with Crippen molar-refractivity contribution in [1.29, 1.82) is 0 Å². The Kier molecular flexibility index (Phi) is 6.10. The Balaban J connectivity index is 1.17. The highest BCUT2D eigenvalue weighted by Crippen LogP contribution is 2.45. The van der Waals surface area contributed by atoms with Crippen molar-refractivity contribution in [3.05, 3.63) is 194 Å². The standard InChI is InChI=1S/C51H32N4S/c1-3-17-33(18-4-1)35-26-15-28-40-41-29-16-27-39(48(41)56-47(35)40)36-21-7-8-24-42(36)50-52-49(34-19-5-2-6-20-34)53-51(54-50)43-25-11-14-32-46(43)55-44-30-12-9-22-37(44)38-23-10-13-31-45(38)55/h1-32H/i9D,10D,12D,22D,23D,30D,31D. The second kappa shape index (κ2) is 13.3. The third-order valence-corrected chi connectivity index (χ3v) is 11.5. The molecule has 5 heteroatoms. The average Bonchev–Trinajstić information content (AvgIpc) is 3.90. The largest absolute Gasteiger partial charge is 0.309 e. The van der Waals surface area contributed by atoms with E-state index in [0.29, 0.717) is 28.7 Å². The van der Waals surface area contributed by atoms with Crippen molar-refractivity contribution in [1.82, 2.24) is 19.5 Å². The molecule has 262 valence electrons. The molecule has 0 spiro atoms. The fraction of sp³-hybridized carbons (Fsp3) is 0. The molecule has 0 fully saturated rings. The average molecular weight is 740 g/mol. The van der Waals surface area contributed by atoms with Gasteiger partial charge in [-0.3, -0.25) is 0 Å². The van der Waals surface area contributed by atoms with E-state index in [9.17, 15) is 0 Å². The summed E-state index contributed by atoms with van der Waals surface area (Å²) in [5.74, 6) is 1.14. The summed E-state index contributed by atoms with van der Waals surface area (Å²) in [5, 5.41) is 2.51. The normalized spacial score (nSPS) is 13.3. The Morgan fingerprint density at radius 2 is 0.911 bits per heavy atom. The predicted molar refractivity (Wildman–Crippen MR) is 234 cm³/mol.